The fourth-order valence-corrected chi connectivity index (χ4v) is 4.92. The number of hydrogen-bond donors (Lipinski definition) is 1. The van der Waals surface area contributed by atoms with Crippen LogP contribution in [0.3, 0.4) is 0 Å². The first kappa shape index (κ1) is 16.0. The summed E-state index contributed by atoms with van der Waals surface area (Å²) in [7, 11) is 1.90. The minimum atomic E-state index is 0.625. The van der Waals surface area contributed by atoms with Crippen molar-refractivity contribution in [3.05, 3.63) is 18.0 Å². The van der Waals surface area contributed by atoms with Crippen LogP contribution in [-0.4, -0.2) is 40.8 Å². The average molecular weight is 329 g/mol. The molecule has 2 atom stereocenters. The van der Waals surface area contributed by atoms with Gasteiger partial charge in [-0.15, -0.1) is 0 Å². The van der Waals surface area contributed by atoms with Crippen molar-refractivity contribution in [2.75, 3.05) is 20.1 Å². The van der Waals surface area contributed by atoms with E-state index >= 15 is 0 Å². The van der Waals surface area contributed by atoms with E-state index in [0.717, 1.165) is 30.0 Å². The molecule has 1 aromatic rings. The van der Waals surface area contributed by atoms with Crippen LogP contribution in [0.2, 0.25) is 0 Å². The number of nitrogens with one attached hydrogen (secondary N) is 1. The normalized spacial score (nSPS) is 28.4. The van der Waals surface area contributed by atoms with Crippen LogP contribution in [-0.2, 0) is 6.54 Å². The largest absolute Gasteiger partial charge is 0.351 e. The summed E-state index contributed by atoms with van der Waals surface area (Å²) in [6.45, 7) is 3.14. The molecule has 0 bridgehead atoms. The van der Waals surface area contributed by atoms with Crippen LogP contribution >= 0.6 is 0 Å². The Morgan fingerprint density at radius 2 is 1.79 bits per heavy atom. The SMILES string of the molecule is CN=C(NCc1ccn(C2CCCC2)n1)N1CC2CCCCC2C1. The Morgan fingerprint density at radius 1 is 1.12 bits per heavy atom. The molecular formula is C19H31N5. The second-order valence-electron chi connectivity index (χ2n) is 7.84. The molecule has 0 radical (unpaired) electrons. The van der Waals surface area contributed by atoms with E-state index in [1.54, 1.807) is 0 Å². The molecule has 132 valence electrons. The quantitative estimate of drug-likeness (QED) is 0.684. The fraction of sp³-hybridized carbons (Fsp3) is 0.789. The van der Waals surface area contributed by atoms with Gasteiger partial charge < -0.3 is 10.2 Å². The number of nitrogens with zero attached hydrogens (tertiary/aromatic N) is 4. The fourth-order valence-electron chi connectivity index (χ4n) is 4.92. The van der Waals surface area contributed by atoms with E-state index in [1.165, 1.54) is 64.5 Å². The topological polar surface area (TPSA) is 45.5 Å². The van der Waals surface area contributed by atoms with Crippen molar-refractivity contribution in [3.8, 4) is 0 Å². The molecule has 1 N–H and O–H groups in total. The van der Waals surface area contributed by atoms with Crippen LogP contribution in [0.5, 0.6) is 0 Å². The molecule has 0 spiro atoms. The maximum atomic E-state index is 4.78. The first-order valence-corrected chi connectivity index (χ1v) is 9.83. The third-order valence-corrected chi connectivity index (χ3v) is 6.28. The van der Waals surface area contributed by atoms with Gasteiger partial charge in [0, 0.05) is 26.3 Å². The summed E-state index contributed by atoms with van der Waals surface area (Å²) in [6.07, 6.45) is 13.1. The minimum Gasteiger partial charge on any atom is -0.351 e. The van der Waals surface area contributed by atoms with E-state index in [1.807, 2.05) is 7.05 Å². The van der Waals surface area contributed by atoms with Gasteiger partial charge in [-0.3, -0.25) is 9.67 Å². The van der Waals surface area contributed by atoms with Gasteiger partial charge in [0.1, 0.15) is 0 Å². The summed E-state index contributed by atoms with van der Waals surface area (Å²) in [5.74, 6) is 2.83. The van der Waals surface area contributed by atoms with Gasteiger partial charge in [-0.05, 0) is 43.6 Å². The molecule has 1 aliphatic heterocycles. The van der Waals surface area contributed by atoms with E-state index in [-0.39, 0.29) is 0 Å². The molecule has 2 unspecified atom stereocenters. The van der Waals surface area contributed by atoms with Crippen molar-refractivity contribution in [2.45, 2.75) is 64.0 Å². The Kier molecular flexibility index (Phi) is 4.76. The maximum Gasteiger partial charge on any atom is 0.193 e. The molecule has 0 aromatic carbocycles. The third-order valence-electron chi connectivity index (χ3n) is 6.28. The zero-order valence-electron chi connectivity index (χ0n) is 15.0. The zero-order chi connectivity index (χ0) is 16.4. The molecule has 3 fully saturated rings. The highest BCUT2D eigenvalue weighted by Gasteiger charge is 2.35. The predicted octanol–water partition coefficient (Wildman–Crippen LogP) is 3.20. The Hall–Kier alpha value is -1.52. The van der Waals surface area contributed by atoms with Crippen LogP contribution in [0.15, 0.2) is 17.3 Å². The van der Waals surface area contributed by atoms with Gasteiger partial charge in [0.15, 0.2) is 5.96 Å². The number of hydrogen-bond acceptors (Lipinski definition) is 2. The zero-order valence-corrected chi connectivity index (χ0v) is 15.0. The number of aliphatic imine (C=N–C) groups is 1. The molecule has 1 saturated heterocycles. The molecule has 1 aromatic heterocycles. The second kappa shape index (κ2) is 7.16. The number of fused-ring (bicyclic) bond motifs is 1. The number of rotatable bonds is 3. The molecule has 5 nitrogen and oxygen atoms in total. The molecule has 4 rings (SSSR count). The van der Waals surface area contributed by atoms with Crippen molar-refractivity contribution in [1.82, 2.24) is 20.0 Å². The van der Waals surface area contributed by atoms with E-state index in [0.29, 0.717) is 6.04 Å². The van der Waals surface area contributed by atoms with Gasteiger partial charge in [0.25, 0.3) is 0 Å². The van der Waals surface area contributed by atoms with Crippen molar-refractivity contribution < 1.29 is 0 Å². The molecule has 2 heterocycles. The predicted molar refractivity (Wildman–Crippen MR) is 97.0 cm³/mol. The van der Waals surface area contributed by atoms with Gasteiger partial charge >= 0.3 is 0 Å². The molecule has 5 heteroatoms. The Bertz CT molecular complexity index is 558. The first-order chi connectivity index (χ1) is 11.8. The first-order valence-electron chi connectivity index (χ1n) is 9.83. The molecule has 24 heavy (non-hydrogen) atoms. The highest BCUT2D eigenvalue weighted by molar-refractivity contribution is 5.80. The van der Waals surface area contributed by atoms with Crippen molar-refractivity contribution >= 4 is 5.96 Å². The van der Waals surface area contributed by atoms with Crippen LogP contribution < -0.4 is 5.32 Å². The number of guanidine groups is 1. The van der Waals surface area contributed by atoms with Gasteiger partial charge in [-0.25, -0.2) is 0 Å². The lowest BCUT2D eigenvalue weighted by molar-refractivity contribution is 0.299. The lowest BCUT2D eigenvalue weighted by Crippen LogP contribution is -2.40. The molecule has 2 aliphatic carbocycles. The second-order valence-corrected chi connectivity index (χ2v) is 7.84. The molecule has 2 saturated carbocycles. The summed E-state index contributed by atoms with van der Waals surface area (Å²) < 4.78 is 2.18. The average Bonchev–Trinajstić information content (AvgIpc) is 3.35. The summed E-state index contributed by atoms with van der Waals surface area (Å²) in [6, 6.07) is 2.78. The van der Waals surface area contributed by atoms with Crippen molar-refractivity contribution in [2.24, 2.45) is 16.8 Å². The van der Waals surface area contributed by atoms with Crippen LogP contribution in [0, 0.1) is 11.8 Å². The summed E-state index contributed by atoms with van der Waals surface area (Å²) in [5.41, 5.74) is 1.12. The third kappa shape index (κ3) is 3.31. The van der Waals surface area contributed by atoms with Crippen molar-refractivity contribution in [3.63, 3.8) is 0 Å². The number of likely N-dealkylation sites (tertiary alicyclic amines) is 1. The number of aromatic nitrogens is 2. The van der Waals surface area contributed by atoms with E-state index in [2.05, 4.69) is 32.2 Å². The summed E-state index contributed by atoms with van der Waals surface area (Å²) in [4.78, 5) is 6.99. The standard InChI is InChI=1S/C19H31N5/c1-20-19(23-13-15-6-2-3-7-16(15)14-23)21-12-17-10-11-24(22-17)18-8-4-5-9-18/h10-11,15-16,18H,2-9,12-14H2,1H3,(H,20,21). The molecule has 3 aliphatic rings. The maximum absolute atomic E-state index is 4.78. The van der Waals surface area contributed by atoms with Crippen LogP contribution in [0.25, 0.3) is 0 Å². The minimum absolute atomic E-state index is 0.625. The van der Waals surface area contributed by atoms with Crippen LogP contribution in [0.4, 0.5) is 0 Å². The molecule has 0 amide bonds. The van der Waals surface area contributed by atoms with Gasteiger partial charge in [0.05, 0.1) is 18.3 Å². The van der Waals surface area contributed by atoms with E-state index in [9.17, 15) is 0 Å². The van der Waals surface area contributed by atoms with E-state index < -0.39 is 0 Å². The monoisotopic (exact) mass is 329 g/mol. The van der Waals surface area contributed by atoms with E-state index in [4.69, 9.17) is 5.10 Å². The Labute approximate surface area is 145 Å². The Balaban J connectivity index is 1.32. The summed E-state index contributed by atoms with van der Waals surface area (Å²) in [5, 5.41) is 8.32. The highest BCUT2D eigenvalue weighted by Crippen LogP contribution is 2.36. The molecular weight excluding hydrogens is 298 g/mol. The van der Waals surface area contributed by atoms with Crippen LogP contribution in [0.1, 0.15) is 63.1 Å². The van der Waals surface area contributed by atoms with Gasteiger partial charge in [-0.2, -0.15) is 5.10 Å². The van der Waals surface area contributed by atoms with Gasteiger partial charge in [0.2, 0.25) is 0 Å². The highest BCUT2D eigenvalue weighted by atomic mass is 15.3. The summed E-state index contributed by atoms with van der Waals surface area (Å²) >= 11 is 0. The van der Waals surface area contributed by atoms with Gasteiger partial charge in [-0.1, -0.05) is 25.7 Å². The Morgan fingerprint density at radius 3 is 2.46 bits per heavy atom. The van der Waals surface area contributed by atoms with Crippen molar-refractivity contribution in [1.29, 1.82) is 0 Å². The lowest BCUT2D eigenvalue weighted by atomic mass is 9.82. The smallest absolute Gasteiger partial charge is 0.193 e. The lowest BCUT2D eigenvalue weighted by Gasteiger charge is -2.22.